The minimum Gasteiger partial charge on any atom is -0.338 e. The topological polar surface area (TPSA) is 20.3 Å². The summed E-state index contributed by atoms with van der Waals surface area (Å²) < 4.78 is 0. The Morgan fingerprint density at radius 1 is 0.800 bits per heavy atom. The molecule has 0 saturated heterocycles. The largest absolute Gasteiger partial charge is 0.338 e. The second-order valence-corrected chi connectivity index (χ2v) is 6.70. The van der Waals surface area contributed by atoms with E-state index in [0.717, 1.165) is 25.8 Å². The first-order valence-electron chi connectivity index (χ1n) is 9.65. The molecule has 0 heterocycles. The third-order valence-corrected chi connectivity index (χ3v) is 4.58. The first kappa shape index (κ1) is 19.2. The molecule has 0 aliphatic carbocycles. The van der Waals surface area contributed by atoms with Crippen molar-refractivity contribution in [1.82, 2.24) is 4.90 Å². The van der Waals surface area contributed by atoms with Crippen LogP contribution in [-0.4, -0.2) is 17.4 Å². The number of nitrogens with zero attached hydrogens (tertiary/aromatic N) is 1. The van der Waals surface area contributed by atoms with Crippen LogP contribution in [0.1, 0.15) is 56.6 Å². The van der Waals surface area contributed by atoms with Crippen molar-refractivity contribution in [1.29, 1.82) is 0 Å². The molecular formula is C23H31NO. The van der Waals surface area contributed by atoms with Gasteiger partial charge in [-0.15, -0.1) is 0 Å². The SMILES string of the molecule is CCCCCCCC(=O)N(CCc1ccccc1)Cc1ccccc1. The van der Waals surface area contributed by atoms with Gasteiger partial charge in [-0.1, -0.05) is 93.3 Å². The summed E-state index contributed by atoms with van der Waals surface area (Å²) in [5, 5.41) is 0. The number of hydrogen-bond donors (Lipinski definition) is 0. The molecule has 0 aliphatic heterocycles. The Labute approximate surface area is 152 Å². The molecule has 0 N–H and O–H groups in total. The number of rotatable bonds is 11. The van der Waals surface area contributed by atoms with Gasteiger partial charge in [0, 0.05) is 19.5 Å². The van der Waals surface area contributed by atoms with Crippen LogP contribution in [0.25, 0.3) is 0 Å². The highest BCUT2D eigenvalue weighted by Gasteiger charge is 2.13. The molecule has 2 aromatic rings. The molecule has 0 fully saturated rings. The summed E-state index contributed by atoms with van der Waals surface area (Å²) in [5.74, 6) is 0.288. The highest BCUT2D eigenvalue weighted by Crippen LogP contribution is 2.12. The number of carbonyl (C=O) groups is 1. The van der Waals surface area contributed by atoms with E-state index >= 15 is 0 Å². The highest BCUT2D eigenvalue weighted by atomic mass is 16.2. The Morgan fingerprint density at radius 2 is 1.40 bits per heavy atom. The molecule has 1 amide bonds. The van der Waals surface area contributed by atoms with Gasteiger partial charge >= 0.3 is 0 Å². The molecule has 0 radical (unpaired) electrons. The number of benzene rings is 2. The van der Waals surface area contributed by atoms with Crippen LogP contribution >= 0.6 is 0 Å². The number of amides is 1. The van der Waals surface area contributed by atoms with Gasteiger partial charge in [-0.2, -0.15) is 0 Å². The van der Waals surface area contributed by atoms with Gasteiger partial charge in [0.2, 0.25) is 5.91 Å². The maximum Gasteiger partial charge on any atom is 0.222 e. The summed E-state index contributed by atoms with van der Waals surface area (Å²) in [7, 11) is 0. The Morgan fingerprint density at radius 3 is 2.04 bits per heavy atom. The predicted octanol–water partition coefficient (Wildman–Crippen LogP) is 5.62. The lowest BCUT2D eigenvalue weighted by Gasteiger charge is -2.23. The fourth-order valence-electron chi connectivity index (χ4n) is 3.04. The van der Waals surface area contributed by atoms with E-state index in [1.54, 1.807) is 0 Å². The van der Waals surface area contributed by atoms with Crippen LogP contribution in [0.15, 0.2) is 60.7 Å². The monoisotopic (exact) mass is 337 g/mol. The quantitative estimate of drug-likeness (QED) is 0.487. The zero-order valence-electron chi connectivity index (χ0n) is 15.5. The van der Waals surface area contributed by atoms with Crippen molar-refractivity contribution in [3.05, 3.63) is 71.8 Å². The molecule has 0 aromatic heterocycles. The summed E-state index contributed by atoms with van der Waals surface area (Å²) in [4.78, 5) is 14.8. The molecule has 134 valence electrons. The van der Waals surface area contributed by atoms with Crippen LogP contribution < -0.4 is 0 Å². The lowest BCUT2D eigenvalue weighted by Crippen LogP contribution is -2.32. The first-order valence-corrected chi connectivity index (χ1v) is 9.65. The molecule has 0 bridgehead atoms. The van der Waals surface area contributed by atoms with Crippen LogP contribution in [0, 0.1) is 0 Å². The molecule has 2 heteroatoms. The normalized spacial score (nSPS) is 10.6. The number of unbranched alkanes of at least 4 members (excludes halogenated alkanes) is 4. The Kier molecular flexibility index (Phi) is 8.82. The van der Waals surface area contributed by atoms with Gasteiger partial charge < -0.3 is 4.90 Å². The first-order chi connectivity index (χ1) is 12.3. The van der Waals surface area contributed by atoms with Crippen LogP contribution in [0.5, 0.6) is 0 Å². The van der Waals surface area contributed by atoms with Crippen LogP contribution in [0.4, 0.5) is 0 Å². The number of hydrogen-bond acceptors (Lipinski definition) is 1. The van der Waals surface area contributed by atoms with E-state index in [-0.39, 0.29) is 5.91 Å². The molecule has 2 nitrogen and oxygen atoms in total. The third-order valence-electron chi connectivity index (χ3n) is 4.58. The van der Waals surface area contributed by atoms with Crippen molar-refractivity contribution in [3.63, 3.8) is 0 Å². The highest BCUT2D eigenvalue weighted by molar-refractivity contribution is 5.76. The second-order valence-electron chi connectivity index (χ2n) is 6.70. The maximum atomic E-state index is 12.7. The standard InChI is InChI=1S/C23H31NO/c1-2-3-4-5-12-17-23(25)24(20-22-15-10-7-11-16-22)19-18-21-13-8-6-9-14-21/h6-11,13-16H,2-5,12,17-20H2,1H3. The van der Waals surface area contributed by atoms with Gasteiger partial charge in [0.05, 0.1) is 0 Å². The lowest BCUT2D eigenvalue weighted by molar-refractivity contribution is -0.131. The minimum absolute atomic E-state index is 0.288. The average molecular weight is 338 g/mol. The van der Waals surface area contributed by atoms with E-state index in [9.17, 15) is 4.79 Å². The molecule has 0 saturated carbocycles. The fourth-order valence-corrected chi connectivity index (χ4v) is 3.04. The van der Waals surface area contributed by atoms with Crippen molar-refractivity contribution in [3.8, 4) is 0 Å². The molecule has 0 spiro atoms. The second kappa shape index (κ2) is 11.5. The van der Waals surface area contributed by atoms with Crippen molar-refractivity contribution in [2.75, 3.05) is 6.54 Å². The van der Waals surface area contributed by atoms with Crippen LogP contribution in [-0.2, 0) is 17.8 Å². The van der Waals surface area contributed by atoms with E-state index in [1.165, 1.54) is 30.4 Å². The molecular weight excluding hydrogens is 306 g/mol. The van der Waals surface area contributed by atoms with Crippen molar-refractivity contribution in [2.24, 2.45) is 0 Å². The summed E-state index contributed by atoms with van der Waals surface area (Å²) in [6.07, 6.45) is 7.51. The predicted molar refractivity (Wildman–Crippen MR) is 105 cm³/mol. The molecule has 0 aliphatic rings. The zero-order valence-corrected chi connectivity index (χ0v) is 15.5. The molecule has 2 rings (SSSR count). The zero-order chi connectivity index (χ0) is 17.7. The third kappa shape index (κ3) is 7.55. The van der Waals surface area contributed by atoms with Gasteiger partial charge in [-0.3, -0.25) is 4.79 Å². The van der Waals surface area contributed by atoms with Crippen molar-refractivity contribution in [2.45, 2.75) is 58.4 Å². The summed E-state index contributed by atoms with van der Waals surface area (Å²) in [6, 6.07) is 20.7. The van der Waals surface area contributed by atoms with E-state index in [2.05, 4.69) is 43.3 Å². The maximum absolute atomic E-state index is 12.7. The summed E-state index contributed by atoms with van der Waals surface area (Å²) >= 11 is 0. The lowest BCUT2D eigenvalue weighted by atomic mass is 10.1. The van der Waals surface area contributed by atoms with Gasteiger partial charge in [0.1, 0.15) is 0 Å². The molecule has 0 atom stereocenters. The fraction of sp³-hybridized carbons (Fsp3) is 0.435. The van der Waals surface area contributed by atoms with Gasteiger partial charge in [-0.05, 0) is 24.0 Å². The Hall–Kier alpha value is -2.09. The van der Waals surface area contributed by atoms with Gasteiger partial charge in [0.15, 0.2) is 0 Å². The average Bonchev–Trinajstić information content (AvgIpc) is 2.66. The molecule has 2 aromatic carbocycles. The van der Waals surface area contributed by atoms with E-state index in [4.69, 9.17) is 0 Å². The van der Waals surface area contributed by atoms with Crippen molar-refractivity contribution < 1.29 is 4.79 Å². The summed E-state index contributed by atoms with van der Waals surface area (Å²) in [6.45, 7) is 3.71. The summed E-state index contributed by atoms with van der Waals surface area (Å²) in [5.41, 5.74) is 2.49. The molecule has 0 unspecified atom stereocenters. The van der Waals surface area contributed by atoms with E-state index in [0.29, 0.717) is 13.0 Å². The van der Waals surface area contributed by atoms with Crippen LogP contribution in [0.2, 0.25) is 0 Å². The van der Waals surface area contributed by atoms with E-state index < -0.39 is 0 Å². The minimum atomic E-state index is 0.288. The van der Waals surface area contributed by atoms with Gasteiger partial charge in [-0.25, -0.2) is 0 Å². The Bertz CT molecular complexity index is 594. The van der Waals surface area contributed by atoms with Crippen molar-refractivity contribution >= 4 is 5.91 Å². The molecule has 25 heavy (non-hydrogen) atoms. The smallest absolute Gasteiger partial charge is 0.222 e. The van der Waals surface area contributed by atoms with Gasteiger partial charge in [0.25, 0.3) is 0 Å². The number of carbonyl (C=O) groups excluding carboxylic acids is 1. The van der Waals surface area contributed by atoms with Crippen LogP contribution in [0.3, 0.4) is 0 Å². The van der Waals surface area contributed by atoms with E-state index in [1.807, 2.05) is 29.2 Å². The Balaban J connectivity index is 1.89.